The minimum atomic E-state index is -0.0916. The van der Waals surface area contributed by atoms with Crippen LogP contribution < -0.4 is 5.43 Å². The molecule has 0 aliphatic carbocycles. The number of thioether (sulfide) groups is 1. The summed E-state index contributed by atoms with van der Waals surface area (Å²) < 4.78 is 0. The second kappa shape index (κ2) is 10.2. The second-order valence-electron chi connectivity index (χ2n) is 5.45. The highest BCUT2D eigenvalue weighted by Gasteiger charge is 2.04. The number of hydrogen-bond donors (Lipinski definition) is 1. The molecule has 0 radical (unpaired) electrons. The Hall–Kier alpha value is -1.78. The predicted molar refractivity (Wildman–Crippen MR) is 104 cm³/mol. The van der Waals surface area contributed by atoms with Crippen molar-refractivity contribution in [2.24, 2.45) is 5.10 Å². The molecular formula is C19H21ClN2OS. The van der Waals surface area contributed by atoms with E-state index in [-0.39, 0.29) is 5.91 Å². The van der Waals surface area contributed by atoms with Crippen LogP contribution in [0, 0.1) is 0 Å². The average Bonchev–Trinajstić information content (AvgIpc) is 2.61. The van der Waals surface area contributed by atoms with E-state index in [1.165, 1.54) is 17.3 Å². The normalized spacial score (nSPS) is 11.3. The van der Waals surface area contributed by atoms with Crippen molar-refractivity contribution in [1.82, 2.24) is 5.43 Å². The van der Waals surface area contributed by atoms with Crippen molar-refractivity contribution < 1.29 is 4.79 Å². The van der Waals surface area contributed by atoms with Gasteiger partial charge in [-0.1, -0.05) is 60.1 Å². The van der Waals surface area contributed by atoms with Crippen LogP contribution in [-0.4, -0.2) is 17.4 Å². The molecule has 0 aliphatic heterocycles. The molecule has 0 aromatic heterocycles. The Bertz CT molecular complexity index is 689. The lowest BCUT2D eigenvalue weighted by Gasteiger charge is -2.05. The molecule has 0 spiro atoms. The second-order valence-corrected chi connectivity index (χ2v) is 6.84. The fraction of sp³-hybridized carbons (Fsp3) is 0.263. The Labute approximate surface area is 152 Å². The summed E-state index contributed by atoms with van der Waals surface area (Å²) in [5.41, 5.74) is 5.85. The first-order valence-corrected chi connectivity index (χ1v) is 9.35. The molecule has 0 heterocycles. The zero-order valence-electron chi connectivity index (χ0n) is 13.7. The Morgan fingerprint density at radius 2 is 1.83 bits per heavy atom. The van der Waals surface area contributed by atoms with E-state index in [1.54, 1.807) is 0 Å². The smallest absolute Gasteiger partial charge is 0.250 e. The van der Waals surface area contributed by atoms with Crippen LogP contribution in [0.5, 0.6) is 0 Å². The van der Waals surface area contributed by atoms with E-state index in [0.29, 0.717) is 11.5 Å². The van der Waals surface area contributed by atoms with E-state index in [2.05, 4.69) is 22.7 Å². The van der Waals surface area contributed by atoms with Crippen molar-refractivity contribution in [2.45, 2.75) is 25.5 Å². The number of carbonyl (C=O) groups excluding carboxylic acids is 1. The lowest BCUT2D eigenvalue weighted by Crippen LogP contribution is -2.21. The number of hydrazone groups is 1. The SMILES string of the molecule is C/C(CCc1ccccc1)=N/NC(=O)CSCc1ccccc1Cl. The Morgan fingerprint density at radius 1 is 1.12 bits per heavy atom. The maximum Gasteiger partial charge on any atom is 0.250 e. The summed E-state index contributed by atoms with van der Waals surface area (Å²) in [4.78, 5) is 11.8. The van der Waals surface area contributed by atoms with Crippen molar-refractivity contribution >= 4 is 35.0 Å². The molecule has 2 aromatic carbocycles. The van der Waals surface area contributed by atoms with Crippen LogP contribution in [0.3, 0.4) is 0 Å². The van der Waals surface area contributed by atoms with Gasteiger partial charge < -0.3 is 0 Å². The predicted octanol–water partition coefficient (Wildman–Crippen LogP) is 4.70. The number of amides is 1. The van der Waals surface area contributed by atoms with Gasteiger partial charge in [-0.3, -0.25) is 4.79 Å². The van der Waals surface area contributed by atoms with Crippen molar-refractivity contribution in [3.63, 3.8) is 0 Å². The molecule has 0 aliphatic rings. The minimum absolute atomic E-state index is 0.0916. The van der Waals surface area contributed by atoms with Gasteiger partial charge in [0.25, 0.3) is 0 Å². The highest BCUT2D eigenvalue weighted by atomic mass is 35.5. The van der Waals surface area contributed by atoms with Gasteiger partial charge in [0, 0.05) is 16.5 Å². The van der Waals surface area contributed by atoms with Gasteiger partial charge in [-0.2, -0.15) is 5.10 Å². The van der Waals surface area contributed by atoms with Crippen molar-refractivity contribution in [3.8, 4) is 0 Å². The van der Waals surface area contributed by atoms with Crippen molar-refractivity contribution in [2.75, 3.05) is 5.75 Å². The van der Waals surface area contributed by atoms with E-state index in [0.717, 1.165) is 29.1 Å². The number of nitrogens with one attached hydrogen (secondary N) is 1. The van der Waals surface area contributed by atoms with Crippen LogP contribution in [0.2, 0.25) is 5.02 Å². The molecule has 0 saturated carbocycles. The first kappa shape index (κ1) is 18.6. The third-order valence-electron chi connectivity index (χ3n) is 3.44. The number of aryl methyl sites for hydroxylation is 1. The van der Waals surface area contributed by atoms with Gasteiger partial charge >= 0.3 is 0 Å². The fourth-order valence-electron chi connectivity index (χ4n) is 2.09. The lowest BCUT2D eigenvalue weighted by atomic mass is 10.1. The summed E-state index contributed by atoms with van der Waals surface area (Å²) in [5.74, 6) is 0.982. The van der Waals surface area contributed by atoms with Gasteiger partial charge in [-0.05, 0) is 37.0 Å². The van der Waals surface area contributed by atoms with E-state index < -0.39 is 0 Å². The highest BCUT2D eigenvalue weighted by molar-refractivity contribution is 7.99. The monoisotopic (exact) mass is 360 g/mol. The first-order valence-electron chi connectivity index (χ1n) is 7.82. The third-order valence-corrected chi connectivity index (χ3v) is 4.79. The van der Waals surface area contributed by atoms with E-state index in [4.69, 9.17) is 11.6 Å². The molecule has 2 aromatic rings. The molecule has 5 heteroatoms. The molecule has 3 nitrogen and oxygen atoms in total. The summed E-state index contributed by atoms with van der Waals surface area (Å²) >= 11 is 7.62. The number of carbonyl (C=O) groups is 1. The standard InChI is InChI=1S/C19H21ClN2OS/c1-15(11-12-16-7-3-2-4-8-16)21-22-19(23)14-24-13-17-9-5-6-10-18(17)20/h2-10H,11-14H2,1H3,(H,22,23)/b21-15-. The molecule has 0 saturated heterocycles. The van der Waals surface area contributed by atoms with E-state index in [1.807, 2.05) is 49.4 Å². The summed E-state index contributed by atoms with van der Waals surface area (Å²) in [6.45, 7) is 1.93. The average molecular weight is 361 g/mol. The van der Waals surface area contributed by atoms with Gasteiger partial charge in [0.2, 0.25) is 5.91 Å². The molecule has 2 rings (SSSR count). The van der Waals surface area contributed by atoms with Crippen LogP contribution in [0.4, 0.5) is 0 Å². The summed E-state index contributed by atoms with van der Waals surface area (Å²) in [6, 6.07) is 17.9. The molecule has 0 fully saturated rings. The summed E-state index contributed by atoms with van der Waals surface area (Å²) in [7, 11) is 0. The van der Waals surface area contributed by atoms with Crippen LogP contribution in [0.15, 0.2) is 59.7 Å². The van der Waals surface area contributed by atoms with Crippen LogP contribution in [-0.2, 0) is 17.0 Å². The summed E-state index contributed by atoms with van der Waals surface area (Å²) in [6.07, 6.45) is 1.75. The van der Waals surface area contributed by atoms with Gasteiger partial charge in [0.15, 0.2) is 0 Å². The Morgan fingerprint density at radius 3 is 2.58 bits per heavy atom. The highest BCUT2D eigenvalue weighted by Crippen LogP contribution is 2.20. The Kier molecular flexibility index (Phi) is 7.86. The summed E-state index contributed by atoms with van der Waals surface area (Å²) in [5, 5.41) is 4.90. The largest absolute Gasteiger partial charge is 0.272 e. The Balaban J connectivity index is 1.67. The topological polar surface area (TPSA) is 41.5 Å². The van der Waals surface area contributed by atoms with Crippen molar-refractivity contribution in [1.29, 1.82) is 0 Å². The zero-order chi connectivity index (χ0) is 17.2. The maximum atomic E-state index is 11.8. The zero-order valence-corrected chi connectivity index (χ0v) is 15.2. The number of halogens is 1. The fourth-order valence-corrected chi connectivity index (χ4v) is 3.19. The molecule has 1 amide bonds. The van der Waals surface area contributed by atoms with E-state index >= 15 is 0 Å². The molecule has 0 atom stereocenters. The quantitative estimate of drug-likeness (QED) is 0.547. The van der Waals surface area contributed by atoms with Crippen LogP contribution in [0.1, 0.15) is 24.5 Å². The van der Waals surface area contributed by atoms with Crippen molar-refractivity contribution in [3.05, 3.63) is 70.7 Å². The van der Waals surface area contributed by atoms with Gasteiger partial charge in [0.05, 0.1) is 5.75 Å². The number of rotatable bonds is 8. The molecule has 1 N–H and O–H groups in total. The van der Waals surface area contributed by atoms with E-state index in [9.17, 15) is 4.79 Å². The third kappa shape index (κ3) is 6.77. The maximum absolute atomic E-state index is 11.8. The van der Waals surface area contributed by atoms with Crippen LogP contribution in [0.25, 0.3) is 0 Å². The minimum Gasteiger partial charge on any atom is -0.272 e. The number of hydrogen-bond acceptors (Lipinski definition) is 3. The molecule has 0 unspecified atom stereocenters. The molecule has 24 heavy (non-hydrogen) atoms. The molecule has 126 valence electrons. The lowest BCUT2D eigenvalue weighted by molar-refractivity contribution is -0.118. The van der Waals surface area contributed by atoms with Crippen LogP contribution >= 0.6 is 23.4 Å². The molecule has 0 bridgehead atoms. The van der Waals surface area contributed by atoms with Gasteiger partial charge in [-0.15, -0.1) is 11.8 Å². The number of nitrogens with zero attached hydrogens (tertiary/aromatic N) is 1. The molecular weight excluding hydrogens is 340 g/mol. The van der Waals surface area contributed by atoms with Gasteiger partial charge in [0.1, 0.15) is 0 Å². The first-order chi connectivity index (χ1) is 11.6. The number of benzene rings is 2. The van der Waals surface area contributed by atoms with Gasteiger partial charge in [-0.25, -0.2) is 5.43 Å².